The van der Waals surface area contributed by atoms with Crippen molar-refractivity contribution in [3.05, 3.63) is 65.2 Å². The molecule has 2 aliphatic heterocycles. The summed E-state index contributed by atoms with van der Waals surface area (Å²) in [7, 11) is 0. The van der Waals surface area contributed by atoms with Gasteiger partial charge in [0.15, 0.2) is 6.29 Å². The Labute approximate surface area is 178 Å². The number of fused-ring (bicyclic) bond motifs is 1. The molecule has 4 nitrogen and oxygen atoms in total. The van der Waals surface area contributed by atoms with E-state index in [0.29, 0.717) is 19.7 Å². The number of hydrogen-bond donors (Lipinski definition) is 1. The maximum Gasteiger partial charge on any atom is 0.208 e. The average Bonchev–Trinajstić information content (AvgIpc) is 2.72. The number of nitrogens with zero attached hydrogens (tertiary/aromatic N) is 1. The number of β-amino-alcohol motifs (C(OH)–C–C–N with tert-alkyl or cyclic N) is 1. The van der Waals surface area contributed by atoms with Crippen molar-refractivity contribution in [2.45, 2.75) is 62.7 Å². The number of benzene rings is 2. The predicted octanol–water partition coefficient (Wildman–Crippen LogP) is 4.54. The van der Waals surface area contributed by atoms with Crippen molar-refractivity contribution in [3.8, 4) is 0 Å². The van der Waals surface area contributed by atoms with Crippen LogP contribution in [0.3, 0.4) is 0 Å². The molecule has 0 aromatic heterocycles. The molecule has 2 aromatic rings. The Morgan fingerprint density at radius 3 is 2.72 bits per heavy atom. The molecular weight excluding hydrogens is 382 g/mol. The lowest BCUT2D eigenvalue weighted by Crippen LogP contribution is -2.59. The fourth-order valence-corrected chi connectivity index (χ4v) is 5.17. The molecule has 2 unspecified atom stereocenters. The molecule has 0 spiro atoms. The van der Waals surface area contributed by atoms with Crippen molar-refractivity contribution in [2.75, 3.05) is 18.8 Å². The van der Waals surface area contributed by atoms with E-state index in [9.17, 15) is 5.11 Å². The van der Waals surface area contributed by atoms with Crippen molar-refractivity contribution in [1.82, 2.24) is 4.90 Å². The van der Waals surface area contributed by atoms with Gasteiger partial charge < -0.3 is 14.6 Å². The minimum absolute atomic E-state index is 0.101. The van der Waals surface area contributed by atoms with Crippen LogP contribution in [0, 0.1) is 0 Å². The molecule has 1 N–H and O–H groups in total. The summed E-state index contributed by atoms with van der Waals surface area (Å²) in [4.78, 5) is 3.60. The molecule has 156 valence electrons. The molecule has 0 amide bonds. The number of ether oxygens (including phenoxy) is 2. The monoisotopic (exact) mass is 413 g/mol. The van der Waals surface area contributed by atoms with Crippen molar-refractivity contribution < 1.29 is 14.6 Å². The van der Waals surface area contributed by atoms with E-state index in [1.165, 1.54) is 22.4 Å². The molecule has 1 fully saturated rings. The third-order valence-corrected chi connectivity index (χ3v) is 7.02. The number of thioether (sulfide) groups is 1. The van der Waals surface area contributed by atoms with Gasteiger partial charge in [0.2, 0.25) is 5.79 Å². The van der Waals surface area contributed by atoms with Gasteiger partial charge in [-0.25, -0.2) is 0 Å². The highest BCUT2D eigenvalue weighted by molar-refractivity contribution is 7.99. The summed E-state index contributed by atoms with van der Waals surface area (Å²) >= 11 is 1.92. The summed E-state index contributed by atoms with van der Waals surface area (Å²) in [5.74, 6) is -0.224. The summed E-state index contributed by atoms with van der Waals surface area (Å²) in [6, 6.07) is 16.1. The molecule has 0 bridgehead atoms. The second-order valence-corrected chi connectivity index (χ2v) is 10.0. The molecular formula is C24H31NO3S. The Morgan fingerprint density at radius 1 is 1.17 bits per heavy atom. The molecule has 0 saturated carbocycles. The van der Waals surface area contributed by atoms with E-state index >= 15 is 0 Å². The van der Waals surface area contributed by atoms with E-state index < -0.39 is 12.1 Å². The summed E-state index contributed by atoms with van der Waals surface area (Å²) < 4.78 is 12.4. The van der Waals surface area contributed by atoms with Crippen LogP contribution < -0.4 is 0 Å². The topological polar surface area (TPSA) is 41.9 Å². The van der Waals surface area contributed by atoms with E-state index in [2.05, 4.69) is 43.9 Å². The number of morpholine rings is 1. The second kappa shape index (κ2) is 8.40. The van der Waals surface area contributed by atoms with Crippen molar-refractivity contribution in [2.24, 2.45) is 0 Å². The molecule has 2 aromatic carbocycles. The summed E-state index contributed by atoms with van der Waals surface area (Å²) in [6.07, 6.45) is 1.87. The smallest absolute Gasteiger partial charge is 0.208 e. The third-order valence-electron chi connectivity index (χ3n) is 5.71. The fraction of sp³-hybridized carbons (Fsp3) is 0.500. The van der Waals surface area contributed by atoms with Gasteiger partial charge in [0.05, 0.1) is 19.7 Å². The van der Waals surface area contributed by atoms with Crippen LogP contribution in [0.4, 0.5) is 0 Å². The number of aryl methyl sites for hydroxylation is 1. The molecule has 0 aliphatic carbocycles. The molecule has 5 heteroatoms. The Bertz CT molecular complexity index is 836. The first-order valence-corrected chi connectivity index (χ1v) is 11.4. The highest BCUT2D eigenvalue weighted by Gasteiger charge is 2.44. The first kappa shape index (κ1) is 20.9. The zero-order valence-corrected chi connectivity index (χ0v) is 18.4. The summed E-state index contributed by atoms with van der Waals surface area (Å²) in [5, 5.41) is 11.4. The fourth-order valence-electron chi connectivity index (χ4n) is 4.00. The van der Waals surface area contributed by atoms with Crippen molar-refractivity contribution in [3.63, 3.8) is 0 Å². The van der Waals surface area contributed by atoms with E-state index in [0.717, 1.165) is 17.7 Å². The zero-order valence-electron chi connectivity index (χ0n) is 17.6. The van der Waals surface area contributed by atoms with Gasteiger partial charge in [-0.15, -0.1) is 11.8 Å². The SMILES string of the molecule is CC(C)(C)N1CC(OCc2cccc3c2SCCC3)OC(O)(c2ccccc2)C1. The second-order valence-electron chi connectivity index (χ2n) is 8.92. The summed E-state index contributed by atoms with van der Waals surface area (Å²) in [6.45, 7) is 8.00. The Hall–Kier alpha value is -1.37. The van der Waals surface area contributed by atoms with Gasteiger partial charge in [0.1, 0.15) is 0 Å². The van der Waals surface area contributed by atoms with E-state index in [-0.39, 0.29) is 5.54 Å². The molecule has 2 atom stereocenters. The highest BCUT2D eigenvalue weighted by atomic mass is 32.2. The van der Waals surface area contributed by atoms with Gasteiger partial charge in [0, 0.05) is 16.0 Å². The van der Waals surface area contributed by atoms with Crippen LogP contribution >= 0.6 is 11.8 Å². The van der Waals surface area contributed by atoms with Crippen LogP contribution in [-0.4, -0.2) is 40.7 Å². The van der Waals surface area contributed by atoms with E-state index in [4.69, 9.17) is 9.47 Å². The minimum Gasteiger partial charge on any atom is -0.361 e. The molecule has 4 rings (SSSR count). The van der Waals surface area contributed by atoms with Crippen LogP contribution in [0.1, 0.15) is 43.9 Å². The molecule has 2 aliphatic rings. The van der Waals surface area contributed by atoms with Gasteiger partial charge in [-0.1, -0.05) is 48.5 Å². The van der Waals surface area contributed by atoms with Crippen LogP contribution in [-0.2, 0) is 28.3 Å². The molecule has 29 heavy (non-hydrogen) atoms. The maximum atomic E-state index is 11.4. The summed E-state index contributed by atoms with van der Waals surface area (Å²) in [5.41, 5.74) is 3.29. The average molecular weight is 414 g/mol. The quantitative estimate of drug-likeness (QED) is 0.797. The highest BCUT2D eigenvalue weighted by Crippen LogP contribution is 2.36. The van der Waals surface area contributed by atoms with Crippen LogP contribution in [0.25, 0.3) is 0 Å². The Kier molecular flexibility index (Phi) is 6.05. The lowest BCUT2D eigenvalue weighted by molar-refractivity contribution is -0.342. The largest absolute Gasteiger partial charge is 0.361 e. The Balaban J connectivity index is 1.53. The lowest BCUT2D eigenvalue weighted by atomic mass is 9.99. The van der Waals surface area contributed by atoms with Crippen LogP contribution in [0.15, 0.2) is 53.4 Å². The number of rotatable bonds is 4. The molecule has 0 radical (unpaired) electrons. The van der Waals surface area contributed by atoms with Gasteiger partial charge in [-0.2, -0.15) is 0 Å². The van der Waals surface area contributed by atoms with Crippen LogP contribution in [0.5, 0.6) is 0 Å². The lowest BCUT2D eigenvalue weighted by Gasteiger charge is -2.48. The molecule has 2 heterocycles. The molecule has 1 saturated heterocycles. The van der Waals surface area contributed by atoms with E-state index in [1.54, 1.807) is 0 Å². The number of hydrogen-bond acceptors (Lipinski definition) is 5. The normalized spacial score (nSPS) is 25.6. The predicted molar refractivity (Wildman–Crippen MR) is 117 cm³/mol. The standard InChI is InChI=1S/C24H31NO3S/c1-23(2,3)25-15-21(28-24(26,17-25)20-12-5-4-6-13-20)27-16-19-10-7-9-18-11-8-14-29-22(18)19/h4-7,9-10,12-13,21,26H,8,11,14-17H2,1-3H3. The first-order chi connectivity index (χ1) is 13.9. The third kappa shape index (κ3) is 4.70. The van der Waals surface area contributed by atoms with E-state index in [1.807, 2.05) is 42.1 Å². The van der Waals surface area contributed by atoms with Gasteiger partial charge in [-0.05, 0) is 50.5 Å². The first-order valence-electron chi connectivity index (χ1n) is 10.4. The minimum atomic E-state index is -1.39. The van der Waals surface area contributed by atoms with Gasteiger partial charge in [-0.3, -0.25) is 4.90 Å². The van der Waals surface area contributed by atoms with Crippen LogP contribution in [0.2, 0.25) is 0 Å². The number of aliphatic hydroxyl groups is 1. The maximum absolute atomic E-state index is 11.4. The van der Waals surface area contributed by atoms with Crippen molar-refractivity contribution in [1.29, 1.82) is 0 Å². The zero-order chi connectivity index (χ0) is 20.5. The van der Waals surface area contributed by atoms with Gasteiger partial charge >= 0.3 is 0 Å². The Morgan fingerprint density at radius 2 is 1.97 bits per heavy atom. The van der Waals surface area contributed by atoms with Gasteiger partial charge in [0.25, 0.3) is 0 Å². The van der Waals surface area contributed by atoms with Crippen molar-refractivity contribution >= 4 is 11.8 Å².